The van der Waals surface area contributed by atoms with Crippen LogP contribution in [0.15, 0.2) is 69.6 Å². The second-order valence-corrected chi connectivity index (χ2v) is 7.51. The van der Waals surface area contributed by atoms with Crippen LogP contribution in [0.5, 0.6) is 5.75 Å². The maximum atomic E-state index is 13.1. The summed E-state index contributed by atoms with van der Waals surface area (Å²) in [5.41, 5.74) is 0.834. The molecule has 1 aromatic heterocycles. The van der Waals surface area contributed by atoms with Crippen LogP contribution in [0.2, 0.25) is 0 Å². The van der Waals surface area contributed by atoms with Crippen molar-refractivity contribution in [2.45, 2.75) is 19.3 Å². The van der Waals surface area contributed by atoms with Gasteiger partial charge >= 0.3 is 6.18 Å². The summed E-state index contributed by atoms with van der Waals surface area (Å²) in [5, 5.41) is 8.84. The molecule has 2 aromatic carbocycles. The number of carbonyl (C=O) groups is 1. The molecule has 31 heavy (non-hydrogen) atoms. The van der Waals surface area contributed by atoms with Gasteiger partial charge < -0.3 is 14.1 Å². The Morgan fingerprint density at radius 2 is 1.74 bits per heavy atom. The highest BCUT2D eigenvalue weighted by Crippen LogP contribution is 2.22. The average Bonchev–Trinajstić information content (AvgIpc) is 3.21. The van der Waals surface area contributed by atoms with Crippen LogP contribution in [-0.2, 0) is 13.2 Å². The molecule has 0 bridgehead atoms. The Morgan fingerprint density at radius 3 is 2.35 bits per heavy atom. The van der Waals surface area contributed by atoms with Gasteiger partial charge in [0.15, 0.2) is 5.76 Å². The van der Waals surface area contributed by atoms with Crippen molar-refractivity contribution < 1.29 is 27.1 Å². The fourth-order valence-corrected chi connectivity index (χ4v) is 3.00. The van der Waals surface area contributed by atoms with Crippen molar-refractivity contribution in [2.24, 2.45) is 0 Å². The zero-order valence-corrected chi connectivity index (χ0v) is 17.6. The summed E-state index contributed by atoms with van der Waals surface area (Å²) in [4.78, 5) is 13.4. The molecule has 0 N–H and O–H groups in total. The average molecular weight is 493 g/mol. The summed E-state index contributed by atoms with van der Waals surface area (Å²) in [6.07, 6.45) is -4.58. The number of rotatable bonds is 7. The smallest absolute Gasteiger partial charge is 0.406 e. The van der Waals surface area contributed by atoms with Gasteiger partial charge in [0.25, 0.3) is 5.91 Å². The van der Waals surface area contributed by atoms with E-state index in [9.17, 15) is 18.0 Å². The van der Waals surface area contributed by atoms with E-state index < -0.39 is 18.6 Å². The van der Waals surface area contributed by atoms with Crippen LogP contribution < -0.4 is 4.74 Å². The molecule has 9 heteroatoms. The predicted molar refractivity (Wildman–Crippen MR) is 109 cm³/mol. The minimum Gasteiger partial charge on any atom is -0.486 e. The number of nitrogens with zero attached hydrogens (tertiary/aromatic N) is 2. The van der Waals surface area contributed by atoms with E-state index in [0.29, 0.717) is 27.5 Å². The maximum absolute atomic E-state index is 13.1. The van der Waals surface area contributed by atoms with Crippen LogP contribution in [0.3, 0.4) is 0 Å². The van der Waals surface area contributed by atoms with E-state index in [-0.39, 0.29) is 18.9 Å². The van der Waals surface area contributed by atoms with Crippen LogP contribution >= 0.6 is 15.9 Å². The maximum Gasteiger partial charge on any atom is 0.406 e. The SMILES string of the molecule is N#Cc1ccc(CN(CC(F)(F)F)C(=O)c2ccc(COc3ccc(Br)cc3)o2)cc1. The standard InChI is InChI=1S/C22H16BrF3N2O3/c23-17-5-7-18(8-6-17)30-13-19-9-10-20(31-19)21(29)28(14-22(24,25)26)12-16-3-1-15(11-27)2-4-16/h1-10H,12-14H2. The van der Waals surface area contributed by atoms with E-state index in [0.717, 1.165) is 4.47 Å². The Balaban J connectivity index is 1.71. The molecule has 1 heterocycles. The molecule has 0 radical (unpaired) electrons. The number of nitriles is 1. The molecule has 5 nitrogen and oxygen atoms in total. The lowest BCUT2D eigenvalue weighted by Crippen LogP contribution is -2.38. The summed E-state index contributed by atoms with van der Waals surface area (Å²) in [6.45, 7) is -1.70. The lowest BCUT2D eigenvalue weighted by Gasteiger charge is -2.23. The number of benzene rings is 2. The summed E-state index contributed by atoms with van der Waals surface area (Å²) >= 11 is 3.32. The molecule has 0 saturated carbocycles. The third-order valence-electron chi connectivity index (χ3n) is 4.18. The van der Waals surface area contributed by atoms with E-state index in [2.05, 4.69) is 15.9 Å². The highest BCUT2D eigenvalue weighted by Gasteiger charge is 2.34. The zero-order chi connectivity index (χ0) is 22.4. The van der Waals surface area contributed by atoms with E-state index in [4.69, 9.17) is 14.4 Å². The molecule has 0 aliphatic rings. The van der Waals surface area contributed by atoms with Crippen LogP contribution in [-0.4, -0.2) is 23.5 Å². The Bertz CT molecular complexity index is 1070. The first-order valence-electron chi connectivity index (χ1n) is 9.05. The third kappa shape index (κ3) is 6.62. The van der Waals surface area contributed by atoms with Gasteiger partial charge in [-0.3, -0.25) is 4.79 Å². The van der Waals surface area contributed by atoms with Gasteiger partial charge in [-0.25, -0.2) is 0 Å². The lowest BCUT2D eigenvalue weighted by molar-refractivity contribution is -0.141. The van der Waals surface area contributed by atoms with Crippen LogP contribution in [0.4, 0.5) is 13.2 Å². The van der Waals surface area contributed by atoms with Crippen molar-refractivity contribution in [2.75, 3.05) is 6.54 Å². The molecule has 160 valence electrons. The number of hydrogen-bond donors (Lipinski definition) is 0. The van der Waals surface area contributed by atoms with Crippen molar-refractivity contribution in [3.8, 4) is 11.8 Å². The van der Waals surface area contributed by atoms with Gasteiger partial charge in [0, 0.05) is 11.0 Å². The first kappa shape index (κ1) is 22.4. The molecule has 0 aliphatic carbocycles. The lowest BCUT2D eigenvalue weighted by atomic mass is 10.1. The molecule has 0 aliphatic heterocycles. The predicted octanol–water partition coefficient (Wildman–Crippen LogP) is 5.70. The molecule has 3 rings (SSSR count). The number of alkyl halides is 3. The van der Waals surface area contributed by atoms with Crippen LogP contribution in [0, 0.1) is 11.3 Å². The number of hydrogen-bond acceptors (Lipinski definition) is 4. The van der Waals surface area contributed by atoms with Crippen molar-refractivity contribution >= 4 is 21.8 Å². The largest absolute Gasteiger partial charge is 0.486 e. The summed E-state index contributed by atoms with van der Waals surface area (Å²) in [5.74, 6) is -0.229. The molecular formula is C22H16BrF3N2O3. The Kier molecular flexibility index (Phi) is 7.02. The normalized spacial score (nSPS) is 11.1. The van der Waals surface area contributed by atoms with E-state index in [1.165, 1.54) is 36.4 Å². The second kappa shape index (κ2) is 9.71. The van der Waals surface area contributed by atoms with Crippen molar-refractivity contribution in [1.29, 1.82) is 5.26 Å². The number of halogens is 4. The zero-order valence-electron chi connectivity index (χ0n) is 16.0. The Morgan fingerprint density at radius 1 is 1.06 bits per heavy atom. The fourth-order valence-electron chi connectivity index (χ4n) is 2.73. The molecular weight excluding hydrogens is 477 g/mol. The van der Waals surface area contributed by atoms with E-state index >= 15 is 0 Å². The quantitative estimate of drug-likeness (QED) is 0.424. The van der Waals surface area contributed by atoms with Crippen molar-refractivity contribution in [1.82, 2.24) is 4.90 Å². The Hall–Kier alpha value is -3.25. The molecule has 0 saturated heterocycles. The van der Waals surface area contributed by atoms with E-state index in [1.54, 1.807) is 24.3 Å². The molecule has 0 spiro atoms. The van der Waals surface area contributed by atoms with Gasteiger partial charge in [-0.2, -0.15) is 18.4 Å². The summed E-state index contributed by atoms with van der Waals surface area (Å²) in [7, 11) is 0. The number of carbonyl (C=O) groups excluding carboxylic acids is 1. The molecule has 3 aromatic rings. The summed E-state index contributed by atoms with van der Waals surface area (Å²) < 4.78 is 51.0. The molecule has 0 atom stereocenters. The van der Waals surface area contributed by atoms with Crippen LogP contribution in [0.25, 0.3) is 0 Å². The molecule has 0 unspecified atom stereocenters. The third-order valence-corrected chi connectivity index (χ3v) is 4.71. The van der Waals surface area contributed by atoms with Gasteiger partial charge in [-0.05, 0) is 54.1 Å². The number of ether oxygens (including phenoxy) is 1. The van der Waals surface area contributed by atoms with Crippen LogP contribution in [0.1, 0.15) is 27.4 Å². The Labute approximate surface area is 184 Å². The second-order valence-electron chi connectivity index (χ2n) is 6.59. The van der Waals surface area contributed by atoms with Crippen molar-refractivity contribution in [3.05, 3.63) is 87.8 Å². The first-order chi connectivity index (χ1) is 14.7. The first-order valence-corrected chi connectivity index (χ1v) is 9.85. The van der Waals surface area contributed by atoms with Gasteiger partial charge in [-0.1, -0.05) is 28.1 Å². The highest BCUT2D eigenvalue weighted by atomic mass is 79.9. The van der Waals surface area contributed by atoms with E-state index in [1.807, 2.05) is 6.07 Å². The fraction of sp³-hybridized carbons (Fsp3) is 0.182. The minimum atomic E-state index is -4.58. The van der Waals surface area contributed by atoms with Gasteiger partial charge in [-0.15, -0.1) is 0 Å². The van der Waals surface area contributed by atoms with Gasteiger partial charge in [0.05, 0.1) is 11.6 Å². The van der Waals surface area contributed by atoms with Gasteiger partial charge in [0.1, 0.15) is 24.7 Å². The number of furan rings is 1. The monoisotopic (exact) mass is 492 g/mol. The highest BCUT2D eigenvalue weighted by molar-refractivity contribution is 9.10. The molecule has 1 amide bonds. The molecule has 0 fully saturated rings. The van der Waals surface area contributed by atoms with Gasteiger partial charge in [0.2, 0.25) is 0 Å². The van der Waals surface area contributed by atoms with Crippen molar-refractivity contribution in [3.63, 3.8) is 0 Å². The minimum absolute atomic E-state index is 0.0177. The number of amides is 1. The summed E-state index contributed by atoms with van der Waals surface area (Å²) in [6, 6.07) is 17.8. The topological polar surface area (TPSA) is 66.5 Å².